The van der Waals surface area contributed by atoms with E-state index in [1.807, 2.05) is 86.5 Å². The van der Waals surface area contributed by atoms with Crippen LogP contribution in [0.2, 0.25) is 0 Å². The van der Waals surface area contributed by atoms with E-state index < -0.39 is 16.1 Å². The SMILES string of the molecule is Cc1cc(S(=O)(=O)N2CCN(/C(=N\C#N)Nc3ccccc3C)CC2c2ccccc2)c(C)s1. The van der Waals surface area contributed by atoms with E-state index >= 15 is 0 Å². The summed E-state index contributed by atoms with van der Waals surface area (Å²) >= 11 is 1.49. The summed E-state index contributed by atoms with van der Waals surface area (Å²) in [7, 11) is -3.70. The van der Waals surface area contributed by atoms with Crippen molar-refractivity contribution in [1.29, 1.82) is 5.26 Å². The van der Waals surface area contributed by atoms with Gasteiger partial charge in [-0.2, -0.15) is 9.57 Å². The number of benzene rings is 2. The molecule has 1 atom stereocenters. The maximum Gasteiger partial charge on any atom is 0.244 e. The summed E-state index contributed by atoms with van der Waals surface area (Å²) < 4.78 is 29.1. The number of piperazine rings is 1. The number of aliphatic imine (C=N–C) groups is 1. The lowest BCUT2D eigenvalue weighted by atomic mass is 10.0. The zero-order chi connectivity index (χ0) is 24.3. The van der Waals surface area contributed by atoms with Crippen LogP contribution in [0.3, 0.4) is 0 Å². The van der Waals surface area contributed by atoms with Crippen LogP contribution in [0.1, 0.15) is 26.9 Å². The van der Waals surface area contributed by atoms with Crippen LogP contribution in [-0.2, 0) is 10.0 Å². The fraction of sp³-hybridized carbons (Fsp3) is 0.280. The minimum absolute atomic E-state index is 0.274. The number of thiophene rings is 1. The normalized spacial score (nSPS) is 17.4. The summed E-state index contributed by atoms with van der Waals surface area (Å²) in [5, 5.41) is 12.6. The van der Waals surface area contributed by atoms with Crippen LogP contribution < -0.4 is 5.32 Å². The highest BCUT2D eigenvalue weighted by Crippen LogP contribution is 2.35. The average Bonchev–Trinajstić information content (AvgIpc) is 3.19. The van der Waals surface area contributed by atoms with Crippen molar-refractivity contribution in [2.75, 3.05) is 25.0 Å². The van der Waals surface area contributed by atoms with Gasteiger partial charge in [-0.1, -0.05) is 48.5 Å². The molecule has 0 aliphatic carbocycles. The van der Waals surface area contributed by atoms with Crippen LogP contribution >= 0.6 is 11.3 Å². The van der Waals surface area contributed by atoms with E-state index in [1.165, 1.54) is 11.3 Å². The Balaban J connectivity index is 1.69. The van der Waals surface area contributed by atoms with Crippen LogP contribution in [0.15, 0.2) is 70.6 Å². The molecule has 0 amide bonds. The van der Waals surface area contributed by atoms with Gasteiger partial charge in [-0.3, -0.25) is 0 Å². The highest BCUT2D eigenvalue weighted by atomic mass is 32.2. The van der Waals surface area contributed by atoms with Crippen molar-refractivity contribution >= 4 is 33.0 Å². The van der Waals surface area contributed by atoms with Crippen molar-refractivity contribution in [2.24, 2.45) is 4.99 Å². The molecule has 0 spiro atoms. The van der Waals surface area contributed by atoms with Gasteiger partial charge in [0.15, 0.2) is 0 Å². The standard InChI is InChI=1S/C25H27N5O2S2/c1-18-9-7-8-12-22(18)28-25(27-17-26)29-13-14-30(23(16-29)21-10-5-4-6-11-21)34(31,32)24-15-19(2)33-20(24)3/h4-12,15,23H,13-14,16H2,1-3H3,(H,27,28). The van der Waals surface area contributed by atoms with Gasteiger partial charge in [0, 0.05) is 35.1 Å². The maximum absolute atomic E-state index is 13.8. The predicted octanol–water partition coefficient (Wildman–Crippen LogP) is 4.67. The molecule has 0 radical (unpaired) electrons. The molecule has 34 heavy (non-hydrogen) atoms. The van der Waals surface area contributed by atoms with Gasteiger partial charge in [0.1, 0.15) is 0 Å². The molecule has 2 heterocycles. The van der Waals surface area contributed by atoms with Crippen molar-refractivity contribution in [2.45, 2.75) is 31.7 Å². The summed E-state index contributed by atoms with van der Waals surface area (Å²) in [5.74, 6) is 0.414. The van der Waals surface area contributed by atoms with Gasteiger partial charge in [0.2, 0.25) is 22.2 Å². The number of aryl methyl sites for hydroxylation is 3. The molecule has 176 valence electrons. The largest absolute Gasteiger partial charge is 0.339 e. The fourth-order valence-electron chi connectivity index (χ4n) is 4.24. The molecule has 0 bridgehead atoms. The van der Waals surface area contributed by atoms with E-state index in [-0.39, 0.29) is 6.54 Å². The van der Waals surface area contributed by atoms with Gasteiger partial charge < -0.3 is 10.2 Å². The molecule has 1 fully saturated rings. The minimum Gasteiger partial charge on any atom is -0.339 e. The van der Waals surface area contributed by atoms with Gasteiger partial charge in [-0.25, -0.2) is 8.42 Å². The summed E-state index contributed by atoms with van der Waals surface area (Å²) in [6.45, 7) is 6.80. The summed E-state index contributed by atoms with van der Waals surface area (Å²) in [6, 6.07) is 18.7. The zero-order valence-electron chi connectivity index (χ0n) is 19.4. The molecule has 2 aromatic carbocycles. The molecule has 1 aliphatic rings. The lowest BCUT2D eigenvalue weighted by Crippen LogP contribution is -2.53. The topological polar surface area (TPSA) is 88.8 Å². The minimum atomic E-state index is -3.70. The number of sulfonamides is 1. The first-order valence-corrected chi connectivity index (χ1v) is 13.2. The van der Waals surface area contributed by atoms with E-state index in [2.05, 4.69) is 10.3 Å². The molecule has 1 N–H and O–H groups in total. The van der Waals surface area contributed by atoms with Gasteiger partial charge >= 0.3 is 0 Å². The predicted molar refractivity (Wildman–Crippen MR) is 136 cm³/mol. The summed E-state index contributed by atoms with van der Waals surface area (Å²) in [4.78, 5) is 8.12. The lowest BCUT2D eigenvalue weighted by molar-refractivity contribution is 0.194. The first kappa shape index (κ1) is 24.0. The molecular weight excluding hydrogens is 466 g/mol. The fourth-order valence-corrected chi connectivity index (χ4v) is 7.36. The number of nitrogens with zero attached hydrogens (tertiary/aromatic N) is 4. The molecular formula is C25H27N5O2S2. The number of nitrogens with one attached hydrogen (secondary N) is 1. The van der Waals surface area contributed by atoms with Crippen LogP contribution in [0.4, 0.5) is 5.69 Å². The van der Waals surface area contributed by atoms with Crippen molar-refractivity contribution in [3.05, 3.63) is 81.5 Å². The Morgan fingerprint density at radius 2 is 1.79 bits per heavy atom. The number of nitriles is 1. The van der Waals surface area contributed by atoms with Crippen LogP contribution in [0, 0.1) is 32.2 Å². The number of hydrogen-bond acceptors (Lipinski definition) is 5. The van der Waals surface area contributed by atoms with E-state index in [0.717, 1.165) is 26.6 Å². The van der Waals surface area contributed by atoms with Gasteiger partial charge in [-0.15, -0.1) is 16.3 Å². The lowest BCUT2D eigenvalue weighted by Gasteiger charge is -2.41. The van der Waals surface area contributed by atoms with Crippen molar-refractivity contribution in [1.82, 2.24) is 9.21 Å². The number of hydrogen-bond donors (Lipinski definition) is 1. The molecule has 3 aromatic rings. The Morgan fingerprint density at radius 3 is 2.44 bits per heavy atom. The molecule has 1 saturated heterocycles. The monoisotopic (exact) mass is 493 g/mol. The first-order chi connectivity index (χ1) is 16.3. The van der Waals surface area contributed by atoms with Crippen molar-refractivity contribution in [3.63, 3.8) is 0 Å². The number of rotatable bonds is 4. The van der Waals surface area contributed by atoms with E-state index in [9.17, 15) is 13.7 Å². The Kier molecular flexibility index (Phi) is 7.03. The molecule has 1 aliphatic heterocycles. The van der Waals surface area contributed by atoms with Crippen LogP contribution in [-0.4, -0.2) is 43.2 Å². The summed E-state index contributed by atoms with van der Waals surface area (Å²) in [5.41, 5.74) is 2.78. The average molecular weight is 494 g/mol. The van der Waals surface area contributed by atoms with Crippen LogP contribution in [0.25, 0.3) is 0 Å². The molecule has 7 nitrogen and oxygen atoms in total. The van der Waals surface area contributed by atoms with E-state index in [1.54, 1.807) is 10.4 Å². The smallest absolute Gasteiger partial charge is 0.244 e. The third-order valence-electron chi connectivity index (χ3n) is 5.94. The van der Waals surface area contributed by atoms with E-state index in [4.69, 9.17) is 0 Å². The van der Waals surface area contributed by atoms with E-state index in [0.29, 0.717) is 23.9 Å². The third-order valence-corrected chi connectivity index (χ3v) is 9.07. The molecule has 0 saturated carbocycles. The Bertz CT molecular complexity index is 1340. The molecule has 1 unspecified atom stereocenters. The second-order valence-electron chi connectivity index (χ2n) is 8.24. The molecule has 1 aromatic heterocycles. The quantitative estimate of drug-likeness (QED) is 0.324. The third kappa shape index (κ3) is 4.85. The highest BCUT2D eigenvalue weighted by Gasteiger charge is 2.39. The number of para-hydroxylation sites is 1. The highest BCUT2D eigenvalue weighted by molar-refractivity contribution is 7.89. The Morgan fingerprint density at radius 1 is 1.09 bits per heavy atom. The summed E-state index contributed by atoms with van der Waals surface area (Å²) in [6.07, 6.45) is 1.89. The number of anilines is 1. The van der Waals surface area contributed by atoms with Gasteiger partial charge in [0.05, 0.1) is 10.9 Å². The maximum atomic E-state index is 13.8. The van der Waals surface area contributed by atoms with Gasteiger partial charge in [0.25, 0.3) is 0 Å². The van der Waals surface area contributed by atoms with Crippen molar-refractivity contribution in [3.8, 4) is 6.19 Å². The second-order valence-corrected chi connectivity index (χ2v) is 11.6. The Labute approximate surface area is 205 Å². The number of guanidine groups is 1. The molecule has 4 rings (SSSR count). The second kappa shape index (κ2) is 9.97. The van der Waals surface area contributed by atoms with Crippen molar-refractivity contribution < 1.29 is 8.42 Å². The molecule has 9 heteroatoms. The zero-order valence-corrected chi connectivity index (χ0v) is 21.0. The Hall–Kier alpha value is -3.19. The first-order valence-electron chi connectivity index (χ1n) is 11.0. The van der Waals surface area contributed by atoms with Crippen LogP contribution in [0.5, 0.6) is 0 Å². The van der Waals surface area contributed by atoms with Gasteiger partial charge in [-0.05, 0) is 44.0 Å².